The van der Waals surface area contributed by atoms with E-state index in [1.54, 1.807) is 6.92 Å². The van der Waals surface area contributed by atoms with E-state index in [1.807, 2.05) is 19.9 Å². The third-order valence-electron chi connectivity index (χ3n) is 5.16. The molecule has 0 radical (unpaired) electrons. The molecule has 0 bridgehead atoms. The molecular weight excluding hydrogens is 334 g/mol. The van der Waals surface area contributed by atoms with Crippen LogP contribution in [0.25, 0.3) is 21.8 Å². The summed E-state index contributed by atoms with van der Waals surface area (Å²) in [6, 6.07) is 20.8. The van der Waals surface area contributed by atoms with Crippen LogP contribution in [0.2, 0.25) is 0 Å². The quantitative estimate of drug-likeness (QED) is 0.595. The number of para-hydroxylation sites is 2. The summed E-state index contributed by atoms with van der Waals surface area (Å²) in [5, 5.41) is 20.4. The molecule has 1 heterocycles. The molecule has 4 nitrogen and oxygen atoms in total. The zero-order valence-corrected chi connectivity index (χ0v) is 15.7. The van der Waals surface area contributed by atoms with Gasteiger partial charge in [0.15, 0.2) is 5.78 Å². The van der Waals surface area contributed by atoms with Gasteiger partial charge in [-0.15, -0.1) is 0 Å². The minimum absolute atomic E-state index is 0.137. The van der Waals surface area contributed by atoms with Crippen molar-refractivity contribution in [1.82, 2.24) is 4.98 Å². The fourth-order valence-electron chi connectivity index (χ4n) is 3.78. The van der Waals surface area contributed by atoms with E-state index in [0.29, 0.717) is 5.57 Å². The minimum atomic E-state index is -0.351. The molecule has 134 valence electrons. The van der Waals surface area contributed by atoms with Crippen molar-refractivity contribution in [2.45, 2.75) is 27.2 Å². The molecule has 4 heteroatoms. The van der Waals surface area contributed by atoms with Gasteiger partial charge in [0.2, 0.25) is 0 Å². The number of hydrogen-bond acceptors (Lipinski definition) is 3. The molecule has 1 N–H and O–H groups in total. The lowest BCUT2D eigenvalue weighted by molar-refractivity contribution is -0.118. The molecule has 1 aliphatic carbocycles. The number of hydrogen-bond donors (Lipinski definition) is 1. The van der Waals surface area contributed by atoms with Crippen LogP contribution in [0.15, 0.2) is 59.7 Å². The first-order valence-electron chi connectivity index (χ1n) is 8.88. The number of H-pyrrole nitrogens is 1. The van der Waals surface area contributed by atoms with Gasteiger partial charge in [-0.05, 0) is 30.0 Å². The van der Waals surface area contributed by atoms with E-state index < -0.39 is 0 Å². The average Bonchev–Trinajstić information content (AvgIpc) is 3.00. The summed E-state index contributed by atoms with van der Waals surface area (Å²) in [6.45, 7) is 5.47. The number of carbonyl (C=O) groups excluding carboxylic acids is 1. The summed E-state index contributed by atoms with van der Waals surface area (Å²) >= 11 is 0. The lowest BCUT2D eigenvalue weighted by Crippen LogP contribution is -2.33. The molecule has 0 amide bonds. The lowest BCUT2D eigenvalue weighted by Gasteiger charge is -2.33. The van der Waals surface area contributed by atoms with Crippen LogP contribution in [0.5, 0.6) is 0 Å². The molecule has 0 fully saturated rings. The standard InChI is InChI=1S/C12H9N.C11H12N2O/c1-3-7-11-9(5-1)10-6-2-4-8-12(10)13-11;1-7-8(5-12)10(14)4-11(2,3)9(7)6-13/h1-8,13H;9H,4H2,1-3H3. The first-order valence-corrected chi connectivity index (χ1v) is 8.88. The molecule has 1 aromatic heterocycles. The summed E-state index contributed by atoms with van der Waals surface area (Å²) in [5.74, 6) is -0.462. The lowest BCUT2D eigenvalue weighted by atomic mass is 9.67. The zero-order chi connectivity index (χ0) is 19.6. The van der Waals surface area contributed by atoms with Crippen LogP contribution in [0.3, 0.4) is 0 Å². The van der Waals surface area contributed by atoms with Crippen molar-refractivity contribution < 1.29 is 4.79 Å². The van der Waals surface area contributed by atoms with Crippen molar-refractivity contribution in [3.05, 3.63) is 59.7 Å². The fourth-order valence-corrected chi connectivity index (χ4v) is 3.78. The molecule has 3 aromatic rings. The highest BCUT2D eigenvalue weighted by molar-refractivity contribution is 6.07. The number of aromatic nitrogens is 1. The maximum Gasteiger partial charge on any atom is 0.173 e. The highest BCUT2D eigenvalue weighted by Gasteiger charge is 2.40. The Hall–Kier alpha value is -3.37. The smallest absolute Gasteiger partial charge is 0.173 e. The first-order chi connectivity index (χ1) is 12.9. The molecule has 4 rings (SSSR count). The number of benzene rings is 2. The van der Waals surface area contributed by atoms with Crippen molar-refractivity contribution in [3.8, 4) is 12.1 Å². The second-order valence-electron chi connectivity index (χ2n) is 7.54. The Morgan fingerprint density at radius 1 is 1.00 bits per heavy atom. The van der Waals surface area contributed by atoms with Crippen LogP contribution in [0.1, 0.15) is 27.2 Å². The molecule has 1 unspecified atom stereocenters. The number of nitrogens with one attached hydrogen (secondary N) is 1. The first kappa shape index (κ1) is 18.4. The molecule has 0 spiro atoms. The topological polar surface area (TPSA) is 80.4 Å². The number of Topliss-reactive ketones (excluding diaryl/α,β-unsaturated/α-hetero) is 1. The van der Waals surface area contributed by atoms with Crippen LogP contribution in [0, 0.1) is 34.0 Å². The van der Waals surface area contributed by atoms with E-state index in [9.17, 15) is 4.79 Å². The Balaban J connectivity index is 0.000000156. The predicted molar refractivity (Wildman–Crippen MR) is 107 cm³/mol. The van der Waals surface area contributed by atoms with E-state index >= 15 is 0 Å². The second kappa shape index (κ2) is 7.09. The van der Waals surface area contributed by atoms with Crippen molar-refractivity contribution in [1.29, 1.82) is 10.5 Å². The van der Waals surface area contributed by atoms with Gasteiger partial charge in [0, 0.05) is 28.2 Å². The molecule has 0 aliphatic heterocycles. The van der Waals surface area contributed by atoms with Gasteiger partial charge in [0.05, 0.1) is 17.6 Å². The second-order valence-corrected chi connectivity index (χ2v) is 7.54. The number of allylic oxidation sites excluding steroid dienone is 2. The van der Waals surface area contributed by atoms with Gasteiger partial charge in [0.25, 0.3) is 0 Å². The Morgan fingerprint density at radius 2 is 1.52 bits per heavy atom. The normalized spacial score (nSPS) is 18.6. The number of nitrogens with zero attached hydrogens (tertiary/aromatic N) is 2. The van der Waals surface area contributed by atoms with E-state index in [-0.39, 0.29) is 29.1 Å². The van der Waals surface area contributed by atoms with Crippen molar-refractivity contribution in [2.75, 3.05) is 0 Å². The summed E-state index contributed by atoms with van der Waals surface area (Å²) in [6.07, 6.45) is 0.283. The van der Waals surface area contributed by atoms with Crippen molar-refractivity contribution in [2.24, 2.45) is 11.3 Å². The average molecular weight is 355 g/mol. The Morgan fingerprint density at radius 3 is 2.00 bits per heavy atom. The summed E-state index contributed by atoms with van der Waals surface area (Å²) in [4.78, 5) is 14.9. The van der Waals surface area contributed by atoms with Crippen LogP contribution < -0.4 is 0 Å². The largest absolute Gasteiger partial charge is 0.355 e. The SMILES string of the molecule is CC1=C(C#N)C(=O)CC(C)(C)C1C#N.c1ccc2c(c1)[nH]c1ccccc12. The van der Waals surface area contributed by atoms with Gasteiger partial charge in [-0.1, -0.05) is 50.2 Å². The minimum Gasteiger partial charge on any atom is -0.355 e. The van der Waals surface area contributed by atoms with Gasteiger partial charge in [-0.25, -0.2) is 0 Å². The predicted octanol–water partition coefficient (Wildman–Crippen LogP) is 5.29. The van der Waals surface area contributed by atoms with Crippen LogP contribution in [0.4, 0.5) is 0 Å². The summed E-state index contributed by atoms with van der Waals surface area (Å²) in [7, 11) is 0. The highest BCUT2D eigenvalue weighted by atomic mass is 16.1. The van der Waals surface area contributed by atoms with Crippen molar-refractivity contribution >= 4 is 27.6 Å². The van der Waals surface area contributed by atoms with Gasteiger partial charge < -0.3 is 4.98 Å². The molecular formula is C23H21N3O. The van der Waals surface area contributed by atoms with Gasteiger partial charge in [-0.2, -0.15) is 10.5 Å². The maximum absolute atomic E-state index is 11.5. The van der Waals surface area contributed by atoms with E-state index in [2.05, 4.69) is 59.6 Å². The van der Waals surface area contributed by atoms with Gasteiger partial charge in [0.1, 0.15) is 6.07 Å². The monoisotopic (exact) mass is 355 g/mol. The fraction of sp³-hybridized carbons (Fsp3) is 0.261. The van der Waals surface area contributed by atoms with Crippen LogP contribution >= 0.6 is 0 Å². The number of aromatic amines is 1. The Bertz CT molecular complexity index is 1090. The number of nitriles is 2. The molecule has 0 saturated heterocycles. The Labute approximate surface area is 158 Å². The summed E-state index contributed by atoms with van der Waals surface area (Å²) < 4.78 is 0. The van der Waals surface area contributed by atoms with E-state index in [4.69, 9.17) is 10.5 Å². The molecule has 1 atom stereocenters. The van der Waals surface area contributed by atoms with E-state index in [0.717, 1.165) is 0 Å². The third kappa shape index (κ3) is 3.35. The Kier molecular flexibility index (Phi) is 4.84. The summed E-state index contributed by atoms with van der Waals surface area (Å²) in [5.41, 5.74) is 2.87. The van der Waals surface area contributed by atoms with E-state index in [1.165, 1.54) is 21.8 Å². The van der Waals surface area contributed by atoms with Gasteiger partial charge in [-0.3, -0.25) is 4.79 Å². The molecule has 1 aliphatic rings. The highest BCUT2D eigenvalue weighted by Crippen LogP contribution is 2.41. The van der Waals surface area contributed by atoms with Crippen LogP contribution in [-0.4, -0.2) is 10.8 Å². The van der Waals surface area contributed by atoms with Gasteiger partial charge >= 0.3 is 0 Å². The van der Waals surface area contributed by atoms with Crippen LogP contribution in [-0.2, 0) is 4.79 Å². The zero-order valence-electron chi connectivity index (χ0n) is 15.7. The molecule has 27 heavy (non-hydrogen) atoms. The number of fused-ring (bicyclic) bond motifs is 3. The molecule has 2 aromatic carbocycles. The molecule has 0 saturated carbocycles. The number of ketones is 1. The third-order valence-corrected chi connectivity index (χ3v) is 5.16. The number of rotatable bonds is 0. The maximum atomic E-state index is 11.5. The van der Waals surface area contributed by atoms with Crippen molar-refractivity contribution in [3.63, 3.8) is 0 Å². The number of carbonyl (C=O) groups is 1.